The van der Waals surface area contributed by atoms with E-state index in [1.807, 2.05) is 24.3 Å². The lowest BCUT2D eigenvalue weighted by molar-refractivity contribution is -0.130. The maximum Gasteiger partial charge on any atom is 0.255 e. The molecule has 6 rings (SSSR count). The molecule has 162 valence electrons. The number of likely N-dealkylation sites (N-methyl/N-ethyl adjacent to an activating group) is 1. The number of hydrogen-bond donors (Lipinski definition) is 1. The Labute approximate surface area is 185 Å². The number of benzene rings is 2. The molecule has 7 nitrogen and oxygen atoms in total. The molecular weight excluding hydrogens is 408 g/mol. The molecule has 1 unspecified atom stereocenters. The molecule has 3 aliphatic heterocycles. The van der Waals surface area contributed by atoms with Gasteiger partial charge >= 0.3 is 0 Å². The van der Waals surface area contributed by atoms with Crippen molar-refractivity contribution in [3.63, 3.8) is 0 Å². The summed E-state index contributed by atoms with van der Waals surface area (Å²) in [6.45, 7) is 1.11. The Morgan fingerprint density at radius 3 is 2.56 bits per heavy atom. The summed E-state index contributed by atoms with van der Waals surface area (Å²) in [7, 11) is 1.78. The van der Waals surface area contributed by atoms with Gasteiger partial charge in [-0.25, -0.2) is 0 Å². The number of hydrogen-bond acceptors (Lipinski definition) is 5. The third-order valence-corrected chi connectivity index (χ3v) is 6.60. The van der Waals surface area contributed by atoms with Gasteiger partial charge in [-0.05, 0) is 31.0 Å². The van der Waals surface area contributed by atoms with Crippen LogP contribution in [0.2, 0.25) is 0 Å². The number of amides is 2. The van der Waals surface area contributed by atoms with Crippen molar-refractivity contribution in [1.82, 2.24) is 10.2 Å². The number of nitrogens with zero attached hydrogens (tertiary/aromatic N) is 1. The fraction of sp³-hybridized carbons (Fsp3) is 0.280. The normalized spacial score (nSPS) is 23.0. The third-order valence-electron chi connectivity index (χ3n) is 6.60. The smallest absolute Gasteiger partial charge is 0.255 e. The van der Waals surface area contributed by atoms with Crippen LogP contribution in [0, 0.1) is 0 Å². The number of likely N-dealkylation sites (tertiary alicyclic amines) is 1. The number of carbonyl (C=O) groups excluding carboxylic acids is 2. The first-order valence-electron chi connectivity index (χ1n) is 10.8. The molecule has 0 bridgehead atoms. The first-order chi connectivity index (χ1) is 15.6. The topological polar surface area (TPSA) is 77.1 Å². The second-order valence-electron chi connectivity index (χ2n) is 8.35. The summed E-state index contributed by atoms with van der Waals surface area (Å²) in [4.78, 5) is 28.4. The summed E-state index contributed by atoms with van der Waals surface area (Å²) in [6, 6.07) is 12.8. The van der Waals surface area contributed by atoms with E-state index in [0.717, 1.165) is 29.0 Å². The largest absolute Gasteiger partial charge is 0.491 e. The SMILES string of the molecule is CN1C(=O)C2(COc3cc4c(cc32)OCCO4)C2=C(NC(=O)c3ccccc3)CCC=C21. The van der Waals surface area contributed by atoms with Gasteiger partial charge in [0.25, 0.3) is 5.91 Å². The Kier molecular flexibility index (Phi) is 4.08. The average Bonchev–Trinajstić information content (AvgIpc) is 3.30. The number of fused-ring (bicyclic) bond motifs is 5. The van der Waals surface area contributed by atoms with Crippen LogP contribution in [0.25, 0.3) is 0 Å². The van der Waals surface area contributed by atoms with Crippen LogP contribution in [0.3, 0.4) is 0 Å². The Balaban J connectivity index is 1.50. The standard InChI is InChI=1S/C25H22N2O5/c1-27-18-9-5-8-17(26-23(28)15-6-3-2-4-7-15)22(18)25(24(27)29)14-32-19-13-21-20(12-16(19)25)30-10-11-31-21/h2-4,6-7,9,12-13H,5,8,10-11,14H2,1H3,(H,26,28). The van der Waals surface area contributed by atoms with Gasteiger partial charge in [-0.1, -0.05) is 24.3 Å². The molecule has 0 aromatic heterocycles. The van der Waals surface area contributed by atoms with Gasteiger partial charge in [-0.2, -0.15) is 0 Å². The van der Waals surface area contributed by atoms with Crippen molar-refractivity contribution in [1.29, 1.82) is 0 Å². The molecule has 1 spiro atoms. The molecule has 1 N–H and O–H groups in total. The zero-order chi connectivity index (χ0) is 21.9. The van der Waals surface area contributed by atoms with Crippen LogP contribution in [-0.4, -0.2) is 43.6 Å². The lowest BCUT2D eigenvalue weighted by Gasteiger charge is -2.27. The molecule has 0 radical (unpaired) electrons. The summed E-state index contributed by atoms with van der Waals surface area (Å²) < 4.78 is 17.5. The van der Waals surface area contributed by atoms with Crippen LogP contribution in [0.4, 0.5) is 0 Å². The highest BCUT2D eigenvalue weighted by molar-refractivity contribution is 6.02. The zero-order valence-electron chi connectivity index (χ0n) is 17.6. The second-order valence-corrected chi connectivity index (χ2v) is 8.35. The van der Waals surface area contributed by atoms with Crippen LogP contribution in [0.1, 0.15) is 28.8 Å². The highest BCUT2D eigenvalue weighted by atomic mass is 16.6. The summed E-state index contributed by atoms with van der Waals surface area (Å²) in [5.41, 5.74) is 2.72. The molecular formula is C25H22N2O5. The molecule has 0 saturated carbocycles. The maximum atomic E-state index is 13.7. The number of ether oxygens (including phenoxy) is 3. The maximum absolute atomic E-state index is 13.7. The van der Waals surface area contributed by atoms with Crippen molar-refractivity contribution >= 4 is 11.8 Å². The van der Waals surface area contributed by atoms with Crippen LogP contribution in [0.15, 0.2) is 65.5 Å². The van der Waals surface area contributed by atoms with E-state index in [-0.39, 0.29) is 18.4 Å². The molecule has 32 heavy (non-hydrogen) atoms. The van der Waals surface area contributed by atoms with Crippen LogP contribution in [0.5, 0.6) is 17.2 Å². The van der Waals surface area contributed by atoms with Crippen LogP contribution in [-0.2, 0) is 10.2 Å². The number of rotatable bonds is 2. The molecule has 2 aromatic carbocycles. The van der Waals surface area contributed by atoms with E-state index >= 15 is 0 Å². The summed E-state index contributed by atoms with van der Waals surface area (Å²) in [6.07, 6.45) is 3.45. The molecule has 1 fully saturated rings. The minimum Gasteiger partial charge on any atom is -0.491 e. The van der Waals surface area contributed by atoms with Gasteiger partial charge in [0, 0.05) is 41.2 Å². The Morgan fingerprint density at radius 1 is 1.03 bits per heavy atom. The molecule has 1 aliphatic carbocycles. The number of allylic oxidation sites excluding steroid dienone is 3. The minimum atomic E-state index is -1.02. The quantitative estimate of drug-likeness (QED) is 0.793. The zero-order valence-corrected chi connectivity index (χ0v) is 17.6. The van der Waals surface area contributed by atoms with Gasteiger partial charge in [0.1, 0.15) is 31.0 Å². The Hall–Kier alpha value is -3.74. The number of nitrogens with one attached hydrogen (secondary N) is 1. The Bertz CT molecular complexity index is 1220. The van der Waals surface area contributed by atoms with E-state index in [1.165, 1.54) is 0 Å². The van der Waals surface area contributed by atoms with Crippen LogP contribution < -0.4 is 19.5 Å². The summed E-state index contributed by atoms with van der Waals surface area (Å²) in [5, 5.41) is 3.10. The van der Waals surface area contributed by atoms with Gasteiger partial charge in [0.05, 0.1) is 0 Å². The molecule has 3 heterocycles. The predicted octanol–water partition coefficient (Wildman–Crippen LogP) is 2.92. The van der Waals surface area contributed by atoms with E-state index in [2.05, 4.69) is 11.4 Å². The van der Waals surface area contributed by atoms with E-state index in [0.29, 0.717) is 42.4 Å². The molecule has 2 amide bonds. The molecule has 1 saturated heterocycles. The van der Waals surface area contributed by atoms with Gasteiger partial charge in [0.15, 0.2) is 11.5 Å². The highest BCUT2D eigenvalue weighted by Gasteiger charge is 2.60. The Morgan fingerprint density at radius 2 is 1.78 bits per heavy atom. The van der Waals surface area contributed by atoms with Crippen molar-refractivity contribution < 1.29 is 23.8 Å². The second kappa shape index (κ2) is 6.88. The monoisotopic (exact) mass is 430 g/mol. The van der Waals surface area contributed by atoms with E-state index in [1.54, 1.807) is 30.1 Å². The molecule has 2 aromatic rings. The van der Waals surface area contributed by atoms with E-state index in [4.69, 9.17) is 14.2 Å². The number of carbonyl (C=O) groups is 2. The van der Waals surface area contributed by atoms with Crippen molar-refractivity contribution in [2.24, 2.45) is 0 Å². The first-order valence-corrected chi connectivity index (χ1v) is 10.8. The van der Waals surface area contributed by atoms with Crippen molar-refractivity contribution in [3.8, 4) is 17.2 Å². The predicted molar refractivity (Wildman–Crippen MR) is 116 cm³/mol. The molecule has 1 atom stereocenters. The fourth-order valence-corrected chi connectivity index (χ4v) is 5.11. The molecule has 7 heteroatoms. The van der Waals surface area contributed by atoms with Gasteiger partial charge in [-0.15, -0.1) is 0 Å². The van der Waals surface area contributed by atoms with Crippen LogP contribution >= 0.6 is 0 Å². The van der Waals surface area contributed by atoms with Gasteiger partial charge in [0.2, 0.25) is 5.91 Å². The molecule has 4 aliphatic rings. The van der Waals surface area contributed by atoms with E-state index < -0.39 is 5.41 Å². The van der Waals surface area contributed by atoms with Gasteiger partial charge < -0.3 is 24.4 Å². The lowest BCUT2D eigenvalue weighted by Crippen LogP contribution is -2.40. The summed E-state index contributed by atoms with van der Waals surface area (Å²) >= 11 is 0. The van der Waals surface area contributed by atoms with E-state index in [9.17, 15) is 9.59 Å². The van der Waals surface area contributed by atoms with Crippen molar-refractivity contribution in [2.75, 3.05) is 26.9 Å². The lowest BCUT2D eigenvalue weighted by atomic mass is 9.74. The third kappa shape index (κ3) is 2.54. The summed E-state index contributed by atoms with van der Waals surface area (Å²) in [5.74, 6) is 1.59. The minimum absolute atomic E-state index is 0.0671. The van der Waals surface area contributed by atoms with Crippen molar-refractivity contribution in [2.45, 2.75) is 18.3 Å². The fourth-order valence-electron chi connectivity index (χ4n) is 5.11. The van der Waals surface area contributed by atoms with Crippen molar-refractivity contribution in [3.05, 3.63) is 76.6 Å². The highest BCUT2D eigenvalue weighted by Crippen LogP contribution is 2.56. The van der Waals surface area contributed by atoms with Gasteiger partial charge in [-0.3, -0.25) is 9.59 Å². The first kappa shape index (κ1) is 19.0. The average molecular weight is 430 g/mol.